The first-order valence-corrected chi connectivity index (χ1v) is 9.66. The van der Waals surface area contributed by atoms with E-state index in [2.05, 4.69) is 5.32 Å². The summed E-state index contributed by atoms with van der Waals surface area (Å²) in [6.45, 7) is 0. The summed E-state index contributed by atoms with van der Waals surface area (Å²) in [5.74, 6) is 0.0169. The molecule has 0 atom stereocenters. The summed E-state index contributed by atoms with van der Waals surface area (Å²) in [5.41, 5.74) is 8.52. The number of rotatable bonds is 5. The zero-order chi connectivity index (χ0) is 19.0. The lowest BCUT2D eigenvalue weighted by atomic mass is 9.95. The maximum atomic E-state index is 12.6. The minimum absolute atomic E-state index is 0.153. The van der Waals surface area contributed by atoms with E-state index in [0.29, 0.717) is 21.9 Å². The number of thiophene rings is 1. The van der Waals surface area contributed by atoms with E-state index in [-0.39, 0.29) is 12.3 Å². The Morgan fingerprint density at radius 3 is 2.89 bits per heavy atom. The van der Waals surface area contributed by atoms with Gasteiger partial charge in [0.05, 0.1) is 25.4 Å². The van der Waals surface area contributed by atoms with Gasteiger partial charge in [0.15, 0.2) is 0 Å². The lowest BCUT2D eigenvalue weighted by molar-refractivity contribution is -0.115. The molecule has 1 aliphatic rings. The Morgan fingerprint density at radius 1 is 1.30 bits per heavy atom. The first kappa shape index (κ1) is 17.6. The maximum Gasteiger partial charge on any atom is 0.251 e. The van der Waals surface area contributed by atoms with Crippen molar-refractivity contribution in [1.29, 1.82) is 0 Å². The van der Waals surface area contributed by atoms with Crippen LogP contribution in [0.15, 0.2) is 28.9 Å². The average molecular weight is 384 g/mol. The van der Waals surface area contributed by atoms with Gasteiger partial charge in [-0.3, -0.25) is 9.59 Å². The third kappa shape index (κ3) is 3.30. The molecule has 140 valence electrons. The zero-order valence-corrected chi connectivity index (χ0v) is 15.8. The standard InChI is InChI=1S/C20H20N2O4S/c1-25-12-6-7-13-11(10-26-15(13)9-12)8-17(23)22-20-18(19(21)24)14-4-2-3-5-16(14)27-20/h6-7,9-10H,2-5,8H2,1H3,(H2,21,24)(H,22,23). The predicted molar refractivity (Wildman–Crippen MR) is 105 cm³/mol. The van der Waals surface area contributed by atoms with Crippen molar-refractivity contribution in [2.24, 2.45) is 5.73 Å². The van der Waals surface area contributed by atoms with E-state index >= 15 is 0 Å². The van der Waals surface area contributed by atoms with Crippen molar-refractivity contribution in [1.82, 2.24) is 0 Å². The number of aryl methyl sites for hydroxylation is 1. The number of anilines is 1. The number of carbonyl (C=O) groups is 2. The summed E-state index contributed by atoms with van der Waals surface area (Å²) in [7, 11) is 1.59. The number of carbonyl (C=O) groups excluding carboxylic acids is 2. The number of primary amides is 1. The monoisotopic (exact) mass is 384 g/mol. The summed E-state index contributed by atoms with van der Waals surface area (Å²) in [4.78, 5) is 25.7. The molecule has 7 heteroatoms. The van der Waals surface area contributed by atoms with Gasteiger partial charge >= 0.3 is 0 Å². The van der Waals surface area contributed by atoms with Crippen LogP contribution in [0.25, 0.3) is 11.0 Å². The number of hydrogen-bond acceptors (Lipinski definition) is 5. The summed E-state index contributed by atoms with van der Waals surface area (Å²) < 4.78 is 10.7. The Bertz CT molecular complexity index is 1030. The van der Waals surface area contributed by atoms with Gasteiger partial charge < -0.3 is 20.2 Å². The third-order valence-electron chi connectivity index (χ3n) is 4.88. The molecule has 2 heterocycles. The first-order valence-electron chi connectivity index (χ1n) is 8.85. The molecule has 1 aromatic carbocycles. The van der Waals surface area contributed by atoms with E-state index in [1.807, 2.05) is 12.1 Å². The van der Waals surface area contributed by atoms with Crippen molar-refractivity contribution in [2.45, 2.75) is 32.1 Å². The van der Waals surface area contributed by atoms with Crippen LogP contribution in [0.4, 0.5) is 5.00 Å². The number of benzene rings is 1. The Hall–Kier alpha value is -2.80. The van der Waals surface area contributed by atoms with Crippen molar-refractivity contribution in [3.05, 3.63) is 46.0 Å². The van der Waals surface area contributed by atoms with Crippen LogP contribution in [0, 0.1) is 0 Å². The fraction of sp³-hybridized carbons (Fsp3) is 0.300. The van der Waals surface area contributed by atoms with Crippen molar-refractivity contribution >= 4 is 39.1 Å². The topological polar surface area (TPSA) is 94.6 Å². The predicted octanol–water partition coefficient (Wildman–Crippen LogP) is 3.66. The fourth-order valence-corrected chi connectivity index (χ4v) is 4.90. The lowest BCUT2D eigenvalue weighted by Crippen LogP contribution is -2.19. The molecule has 0 saturated heterocycles. The van der Waals surface area contributed by atoms with Crippen LogP contribution >= 0.6 is 11.3 Å². The molecule has 3 N–H and O–H groups in total. The smallest absolute Gasteiger partial charge is 0.251 e. The van der Waals surface area contributed by atoms with E-state index in [0.717, 1.165) is 47.1 Å². The number of amides is 2. The van der Waals surface area contributed by atoms with Crippen LogP contribution in [-0.2, 0) is 24.1 Å². The number of nitrogens with two attached hydrogens (primary N) is 1. The molecule has 4 rings (SSSR count). The first-order chi connectivity index (χ1) is 13.1. The summed E-state index contributed by atoms with van der Waals surface area (Å²) in [5, 5.41) is 4.32. The van der Waals surface area contributed by atoms with Crippen molar-refractivity contribution in [3.8, 4) is 5.75 Å². The normalized spacial score (nSPS) is 13.4. The van der Waals surface area contributed by atoms with Crippen molar-refractivity contribution in [3.63, 3.8) is 0 Å². The van der Waals surface area contributed by atoms with E-state index in [1.54, 1.807) is 19.4 Å². The van der Waals surface area contributed by atoms with E-state index in [4.69, 9.17) is 14.9 Å². The molecule has 0 radical (unpaired) electrons. The van der Waals surface area contributed by atoms with Crippen molar-refractivity contribution < 1.29 is 18.7 Å². The second kappa shape index (κ2) is 7.08. The van der Waals surface area contributed by atoms with Crippen LogP contribution in [0.3, 0.4) is 0 Å². The van der Waals surface area contributed by atoms with Crippen LogP contribution in [0.5, 0.6) is 5.75 Å². The van der Waals surface area contributed by atoms with Gasteiger partial charge in [0.1, 0.15) is 16.3 Å². The molecule has 3 aromatic rings. The zero-order valence-electron chi connectivity index (χ0n) is 15.0. The Balaban J connectivity index is 1.57. The van der Waals surface area contributed by atoms with Crippen LogP contribution in [-0.4, -0.2) is 18.9 Å². The highest BCUT2D eigenvalue weighted by Crippen LogP contribution is 2.38. The molecular formula is C20H20N2O4S. The second-order valence-corrected chi connectivity index (χ2v) is 7.73. The number of hydrogen-bond donors (Lipinski definition) is 2. The number of ether oxygens (including phenoxy) is 1. The summed E-state index contributed by atoms with van der Waals surface area (Å²) in [6.07, 6.45) is 5.65. The van der Waals surface area contributed by atoms with E-state index < -0.39 is 5.91 Å². The number of furan rings is 1. The minimum Gasteiger partial charge on any atom is -0.497 e. The molecule has 0 saturated carbocycles. The van der Waals surface area contributed by atoms with Gasteiger partial charge in [-0.25, -0.2) is 0 Å². The van der Waals surface area contributed by atoms with Crippen LogP contribution in [0.2, 0.25) is 0 Å². The maximum absolute atomic E-state index is 12.6. The molecule has 1 aliphatic carbocycles. The molecule has 0 fully saturated rings. The molecule has 27 heavy (non-hydrogen) atoms. The van der Waals surface area contributed by atoms with Gasteiger partial charge in [-0.2, -0.15) is 0 Å². The van der Waals surface area contributed by atoms with E-state index in [9.17, 15) is 9.59 Å². The largest absolute Gasteiger partial charge is 0.497 e. The molecule has 0 aliphatic heterocycles. The second-order valence-electron chi connectivity index (χ2n) is 6.63. The quantitative estimate of drug-likeness (QED) is 0.702. The highest BCUT2D eigenvalue weighted by Gasteiger charge is 2.25. The molecule has 2 amide bonds. The van der Waals surface area contributed by atoms with Crippen molar-refractivity contribution in [2.75, 3.05) is 12.4 Å². The molecule has 0 spiro atoms. The highest BCUT2D eigenvalue weighted by molar-refractivity contribution is 7.17. The fourth-order valence-electron chi connectivity index (χ4n) is 3.59. The Labute approximate surface area is 160 Å². The third-order valence-corrected chi connectivity index (χ3v) is 6.09. The minimum atomic E-state index is -0.481. The number of fused-ring (bicyclic) bond motifs is 2. The Morgan fingerprint density at radius 2 is 2.11 bits per heavy atom. The summed E-state index contributed by atoms with van der Waals surface area (Å²) >= 11 is 1.47. The lowest BCUT2D eigenvalue weighted by Gasteiger charge is -2.11. The number of methoxy groups -OCH3 is 1. The highest BCUT2D eigenvalue weighted by atomic mass is 32.1. The SMILES string of the molecule is COc1ccc2c(CC(=O)Nc3sc4c(c3C(N)=O)CCCC4)coc2c1. The molecule has 2 aromatic heterocycles. The van der Waals surface area contributed by atoms with Gasteiger partial charge in [0.2, 0.25) is 5.91 Å². The van der Waals surface area contributed by atoms with Gasteiger partial charge in [-0.1, -0.05) is 0 Å². The number of nitrogens with one attached hydrogen (secondary N) is 1. The summed E-state index contributed by atoms with van der Waals surface area (Å²) in [6, 6.07) is 5.49. The molecule has 0 unspecified atom stereocenters. The Kier molecular flexibility index (Phi) is 4.61. The molecule has 6 nitrogen and oxygen atoms in total. The average Bonchev–Trinajstić information content (AvgIpc) is 3.21. The van der Waals surface area contributed by atoms with Crippen LogP contribution in [0.1, 0.15) is 39.2 Å². The van der Waals surface area contributed by atoms with Gasteiger partial charge in [-0.05, 0) is 43.4 Å². The molecular weight excluding hydrogens is 364 g/mol. The molecule has 0 bridgehead atoms. The van der Waals surface area contributed by atoms with Gasteiger partial charge in [0.25, 0.3) is 5.91 Å². The van der Waals surface area contributed by atoms with Gasteiger partial charge in [0, 0.05) is 21.9 Å². The van der Waals surface area contributed by atoms with Crippen LogP contribution < -0.4 is 15.8 Å². The van der Waals surface area contributed by atoms with E-state index in [1.165, 1.54) is 11.3 Å². The van der Waals surface area contributed by atoms with Gasteiger partial charge in [-0.15, -0.1) is 11.3 Å².